The Balaban J connectivity index is 2.01. The monoisotopic (exact) mass is 340 g/mol. The van der Waals surface area contributed by atoms with Gasteiger partial charge in [0.15, 0.2) is 0 Å². The lowest BCUT2D eigenvalue weighted by atomic mass is 10.2. The van der Waals surface area contributed by atoms with Crippen molar-refractivity contribution in [1.82, 2.24) is 9.71 Å². The third-order valence-corrected chi connectivity index (χ3v) is 6.19. The number of carbonyl (C=O) groups is 1. The minimum absolute atomic E-state index is 0.0511. The molecule has 118 valence electrons. The van der Waals surface area contributed by atoms with E-state index in [2.05, 4.69) is 9.71 Å². The van der Waals surface area contributed by atoms with Crippen LogP contribution in [0.15, 0.2) is 28.5 Å². The molecule has 2 N–H and O–H groups in total. The maximum absolute atomic E-state index is 12.1. The fraction of sp³-hybridized carbons (Fsp3) is 0.286. The van der Waals surface area contributed by atoms with Gasteiger partial charge in [0.05, 0.1) is 0 Å². The van der Waals surface area contributed by atoms with Crippen LogP contribution in [0, 0.1) is 13.8 Å². The molecule has 0 unspecified atom stereocenters. The van der Waals surface area contributed by atoms with E-state index in [1.54, 1.807) is 18.2 Å². The molecule has 0 aliphatic carbocycles. The van der Waals surface area contributed by atoms with Gasteiger partial charge in [-0.3, -0.25) is 0 Å². The Hall–Kier alpha value is -1.77. The predicted molar refractivity (Wildman–Crippen MR) is 83.9 cm³/mol. The maximum Gasteiger partial charge on any atom is 0.354 e. The Bertz CT molecular complexity index is 777. The minimum atomic E-state index is -3.53. The Morgan fingerprint density at radius 2 is 2.09 bits per heavy atom. The second-order valence-corrected chi connectivity index (χ2v) is 8.02. The molecule has 0 aliphatic rings. The molecule has 0 aromatic carbocycles. The van der Waals surface area contributed by atoms with Crippen LogP contribution in [-0.4, -0.2) is 31.0 Å². The lowest BCUT2D eigenvalue weighted by molar-refractivity contribution is 0.0690. The summed E-state index contributed by atoms with van der Waals surface area (Å²) in [4.78, 5) is 15.8. The van der Waals surface area contributed by atoms with Gasteiger partial charge in [-0.05, 0) is 37.6 Å². The van der Waals surface area contributed by atoms with Gasteiger partial charge in [-0.1, -0.05) is 6.07 Å². The number of aromatic carboxylic acids is 1. The van der Waals surface area contributed by atoms with Crippen molar-refractivity contribution in [3.8, 4) is 0 Å². The summed E-state index contributed by atoms with van der Waals surface area (Å²) in [6.07, 6.45) is 0.323. The summed E-state index contributed by atoms with van der Waals surface area (Å²) in [5.41, 5.74) is 1.42. The van der Waals surface area contributed by atoms with E-state index in [0.29, 0.717) is 12.1 Å². The molecular formula is C14H16N2O4S2. The first-order valence-corrected chi connectivity index (χ1v) is 8.85. The molecule has 0 bridgehead atoms. The number of thiophene rings is 1. The highest BCUT2D eigenvalue weighted by molar-refractivity contribution is 7.91. The van der Waals surface area contributed by atoms with Gasteiger partial charge in [0.2, 0.25) is 10.0 Å². The molecule has 0 saturated heterocycles. The summed E-state index contributed by atoms with van der Waals surface area (Å²) in [5.74, 6) is -1.10. The van der Waals surface area contributed by atoms with Crippen LogP contribution in [0.4, 0.5) is 0 Å². The van der Waals surface area contributed by atoms with Gasteiger partial charge < -0.3 is 5.11 Å². The first-order chi connectivity index (χ1) is 10.3. The number of aryl methyl sites for hydroxylation is 2. The van der Waals surface area contributed by atoms with Gasteiger partial charge in [-0.25, -0.2) is 22.9 Å². The van der Waals surface area contributed by atoms with Gasteiger partial charge in [-0.15, -0.1) is 11.3 Å². The molecule has 0 spiro atoms. The second kappa shape index (κ2) is 6.55. The molecule has 0 radical (unpaired) electrons. The number of nitrogens with one attached hydrogen (secondary N) is 1. The smallest absolute Gasteiger partial charge is 0.354 e. The number of sulfonamides is 1. The van der Waals surface area contributed by atoms with Crippen LogP contribution in [0.2, 0.25) is 0 Å². The number of hydrogen-bond acceptors (Lipinski definition) is 5. The summed E-state index contributed by atoms with van der Waals surface area (Å²) >= 11 is 1.23. The molecule has 22 heavy (non-hydrogen) atoms. The van der Waals surface area contributed by atoms with Crippen LogP contribution in [0.5, 0.6) is 0 Å². The van der Waals surface area contributed by atoms with E-state index in [4.69, 9.17) is 5.11 Å². The summed E-state index contributed by atoms with van der Waals surface area (Å²) in [5, 5.41) is 8.87. The standard InChI is InChI=1S/C14H16N2O4S2/c1-9-8-13(21-10(9)2)22(19,20)15-7-6-11-4-3-5-12(16-11)14(17)18/h3-5,8,15H,6-7H2,1-2H3,(H,17,18). The molecule has 0 saturated carbocycles. The Kier molecular flexibility index (Phi) is 4.94. The predicted octanol–water partition coefficient (Wildman–Crippen LogP) is 1.98. The molecule has 0 amide bonds. The van der Waals surface area contributed by atoms with E-state index in [1.165, 1.54) is 17.4 Å². The van der Waals surface area contributed by atoms with Crippen LogP contribution in [-0.2, 0) is 16.4 Å². The van der Waals surface area contributed by atoms with Crippen LogP contribution in [0.25, 0.3) is 0 Å². The van der Waals surface area contributed by atoms with Crippen LogP contribution < -0.4 is 4.72 Å². The lowest BCUT2D eigenvalue weighted by Gasteiger charge is -2.05. The molecule has 6 nitrogen and oxygen atoms in total. The molecular weight excluding hydrogens is 324 g/mol. The minimum Gasteiger partial charge on any atom is -0.477 e. The molecule has 0 atom stereocenters. The third-order valence-electron chi connectivity index (χ3n) is 3.11. The topological polar surface area (TPSA) is 96.4 Å². The van der Waals surface area contributed by atoms with Crippen LogP contribution in [0.3, 0.4) is 0 Å². The SMILES string of the molecule is Cc1cc(S(=O)(=O)NCCc2cccc(C(=O)O)n2)sc1C. The number of carboxylic acid groups (broad SMARTS) is 1. The molecule has 0 fully saturated rings. The van der Waals surface area contributed by atoms with E-state index in [-0.39, 0.29) is 16.4 Å². The average Bonchev–Trinajstić information content (AvgIpc) is 2.80. The second-order valence-electron chi connectivity index (χ2n) is 4.77. The zero-order chi connectivity index (χ0) is 16.3. The van der Waals surface area contributed by atoms with E-state index in [1.807, 2.05) is 13.8 Å². The van der Waals surface area contributed by atoms with E-state index < -0.39 is 16.0 Å². The highest BCUT2D eigenvalue weighted by atomic mass is 32.2. The van der Waals surface area contributed by atoms with Crippen molar-refractivity contribution < 1.29 is 18.3 Å². The zero-order valence-electron chi connectivity index (χ0n) is 12.2. The fourth-order valence-electron chi connectivity index (χ4n) is 1.79. The summed E-state index contributed by atoms with van der Waals surface area (Å²) in [6.45, 7) is 3.90. The quantitative estimate of drug-likeness (QED) is 0.838. The van der Waals surface area contributed by atoms with Crippen LogP contribution in [0.1, 0.15) is 26.6 Å². The summed E-state index contributed by atoms with van der Waals surface area (Å²) < 4.78 is 27.1. The summed E-state index contributed by atoms with van der Waals surface area (Å²) in [6, 6.07) is 6.30. The van der Waals surface area contributed by atoms with Crippen molar-refractivity contribution in [3.63, 3.8) is 0 Å². The largest absolute Gasteiger partial charge is 0.477 e. The first kappa shape index (κ1) is 16.6. The number of aromatic nitrogens is 1. The fourth-order valence-corrected chi connectivity index (χ4v) is 4.39. The number of carboxylic acids is 1. The molecule has 8 heteroatoms. The van der Waals surface area contributed by atoms with E-state index in [0.717, 1.165) is 10.4 Å². The van der Waals surface area contributed by atoms with Crippen molar-refractivity contribution in [1.29, 1.82) is 0 Å². The molecule has 2 aromatic rings. The van der Waals surface area contributed by atoms with Gasteiger partial charge in [0, 0.05) is 23.5 Å². The Morgan fingerprint density at radius 1 is 1.36 bits per heavy atom. The van der Waals surface area contributed by atoms with Gasteiger partial charge in [-0.2, -0.15) is 0 Å². The van der Waals surface area contributed by atoms with Gasteiger partial charge >= 0.3 is 5.97 Å². The van der Waals surface area contributed by atoms with Crippen molar-refractivity contribution >= 4 is 27.3 Å². The van der Waals surface area contributed by atoms with Crippen molar-refractivity contribution in [2.24, 2.45) is 0 Å². The number of nitrogens with zero attached hydrogens (tertiary/aromatic N) is 1. The van der Waals surface area contributed by atoms with Gasteiger partial charge in [0.1, 0.15) is 9.90 Å². The molecule has 2 heterocycles. The first-order valence-electron chi connectivity index (χ1n) is 6.55. The Morgan fingerprint density at radius 3 is 2.68 bits per heavy atom. The van der Waals surface area contributed by atoms with Gasteiger partial charge in [0.25, 0.3) is 0 Å². The average molecular weight is 340 g/mol. The molecule has 2 aromatic heterocycles. The van der Waals surface area contributed by atoms with Crippen LogP contribution >= 0.6 is 11.3 Å². The molecule has 0 aliphatic heterocycles. The normalized spacial score (nSPS) is 11.5. The third kappa shape index (κ3) is 3.90. The Labute approximate surface area is 132 Å². The zero-order valence-corrected chi connectivity index (χ0v) is 13.8. The lowest BCUT2D eigenvalue weighted by Crippen LogP contribution is -2.25. The van der Waals surface area contributed by atoms with E-state index in [9.17, 15) is 13.2 Å². The number of pyridine rings is 1. The number of hydrogen-bond donors (Lipinski definition) is 2. The van der Waals surface area contributed by atoms with Crippen molar-refractivity contribution in [2.45, 2.75) is 24.5 Å². The van der Waals surface area contributed by atoms with Crippen molar-refractivity contribution in [2.75, 3.05) is 6.54 Å². The molecule has 2 rings (SSSR count). The maximum atomic E-state index is 12.1. The summed E-state index contributed by atoms with van der Waals surface area (Å²) in [7, 11) is -3.53. The van der Waals surface area contributed by atoms with E-state index >= 15 is 0 Å². The number of rotatable bonds is 6. The van der Waals surface area contributed by atoms with Crippen molar-refractivity contribution in [3.05, 3.63) is 46.1 Å². The highest BCUT2D eigenvalue weighted by Crippen LogP contribution is 2.24. The highest BCUT2D eigenvalue weighted by Gasteiger charge is 2.17.